The summed E-state index contributed by atoms with van der Waals surface area (Å²) in [6.45, 7) is 6.24. The van der Waals surface area contributed by atoms with Gasteiger partial charge in [-0.15, -0.1) is 6.58 Å². The van der Waals surface area contributed by atoms with E-state index in [-0.39, 0.29) is 7.12 Å². The van der Waals surface area contributed by atoms with Crippen molar-refractivity contribution in [1.29, 1.82) is 0 Å². The van der Waals surface area contributed by atoms with Gasteiger partial charge in [0.2, 0.25) is 0 Å². The smallest absolute Gasteiger partial charge is 0.519 e. The molecular weight excluding hydrogens is 199 g/mol. The average Bonchev–Trinajstić information content (AvgIpc) is 2.73. The molecule has 0 atom stereocenters. The maximum Gasteiger partial charge on any atom is 0.627 e. The molecule has 0 aliphatic carbocycles. The lowest BCUT2D eigenvalue weighted by atomic mass is 9.77. The quantitative estimate of drug-likeness (QED) is 0.552. The minimum Gasteiger partial charge on any atom is -0.519 e. The fourth-order valence-electron chi connectivity index (χ4n) is 1.79. The Bertz CT molecular complexity index is 351. The van der Waals surface area contributed by atoms with Crippen LogP contribution in [-0.2, 0) is 0 Å². The van der Waals surface area contributed by atoms with Crippen LogP contribution >= 0.6 is 0 Å². The number of unbranched alkanes of at least 4 members (excludes halogenated alkanes) is 2. The first-order valence-electron chi connectivity index (χ1n) is 5.91. The van der Waals surface area contributed by atoms with Gasteiger partial charge in [-0.05, 0) is 24.0 Å². The highest BCUT2D eigenvalue weighted by atomic mass is 16.6. The second kappa shape index (κ2) is 5.11. The summed E-state index contributed by atoms with van der Waals surface area (Å²) in [5.41, 5.74) is 1.03. The lowest BCUT2D eigenvalue weighted by Gasteiger charge is -2.07. The molecule has 1 aliphatic heterocycles. The maximum absolute atomic E-state index is 5.68. The van der Waals surface area contributed by atoms with Gasteiger partial charge >= 0.3 is 7.12 Å². The normalized spacial score (nSPS) is 12.9. The van der Waals surface area contributed by atoms with Gasteiger partial charge in [0.1, 0.15) is 11.5 Å². The third-order valence-corrected chi connectivity index (χ3v) is 2.75. The minimum absolute atomic E-state index is 0.283. The Hall–Kier alpha value is -1.38. The van der Waals surface area contributed by atoms with Crippen LogP contribution in [0.15, 0.2) is 36.3 Å². The Morgan fingerprint density at radius 1 is 1.19 bits per heavy atom. The van der Waals surface area contributed by atoms with E-state index >= 15 is 0 Å². The highest BCUT2D eigenvalue weighted by Crippen LogP contribution is 2.34. The van der Waals surface area contributed by atoms with Crippen molar-refractivity contribution in [1.82, 2.24) is 0 Å². The maximum atomic E-state index is 5.68. The second-order valence-electron chi connectivity index (χ2n) is 4.13. The van der Waals surface area contributed by atoms with Gasteiger partial charge in [-0.3, -0.25) is 0 Å². The predicted molar refractivity (Wildman–Crippen MR) is 66.7 cm³/mol. The molecule has 16 heavy (non-hydrogen) atoms. The summed E-state index contributed by atoms with van der Waals surface area (Å²) in [6, 6.07) is 7.75. The van der Waals surface area contributed by atoms with Crippen LogP contribution in [0.4, 0.5) is 0 Å². The summed E-state index contributed by atoms with van der Waals surface area (Å²) >= 11 is 0. The fourth-order valence-corrected chi connectivity index (χ4v) is 1.79. The van der Waals surface area contributed by atoms with E-state index in [9.17, 15) is 0 Å². The molecular formula is C13H17BO2. The zero-order valence-electron chi connectivity index (χ0n) is 9.74. The van der Waals surface area contributed by atoms with E-state index in [0.717, 1.165) is 29.8 Å². The third-order valence-electron chi connectivity index (χ3n) is 2.75. The van der Waals surface area contributed by atoms with Gasteiger partial charge in [-0.25, -0.2) is 0 Å². The van der Waals surface area contributed by atoms with Crippen molar-refractivity contribution in [2.75, 3.05) is 0 Å². The van der Waals surface area contributed by atoms with Gasteiger partial charge < -0.3 is 9.31 Å². The highest BCUT2D eigenvalue weighted by Gasteiger charge is 2.33. The molecule has 0 radical (unpaired) electrons. The SMILES string of the molecule is C=C(CCCCC)B1Oc2ccccc2O1. The van der Waals surface area contributed by atoms with Crippen LogP contribution in [0.5, 0.6) is 11.5 Å². The van der Waals surface area contributed by atoms with Crippen molar-refractivity contribution in [2.45, 2.75) is 32.6 Å². The van der Waals surface area contributed by atoms with Crippen molar-refractivity contribution >= 4 is 7.12 Å². The monoisotopic (exact) mass is 216 g/mol. The Balaban J connectivity index is 1.88. The lowest BCUT2D eigenvalue weighted by molar-refractivity contribution is 0.506. The molecule has 1 heterocycles. The van der Waals surface area contributed by atoms with Crippen molar-refractivity contribution in [2.24, 2.45) is 0 Å². The van der Waals surface area contributed by atoms with Gasteiger partial charge in [0.15, 0.2) is 0 Å². The number of fused-ring (bicyclic) bond motifs is 1. The van der Waals surface area contributed by atoms with Crippen LogP contribution in [0, 0.1) is 0 Å². The molecule has 84 valence electrons. The van der Waals surface area contributed by atoms with E-state index in [1.807, 2.05) is 24.3 Å². The molecule has 3 heteroatoms. The Morgan fingerprint density at radius 3 is 2.38 bits per heavy atom. The molecule has 2 nitrogen and oxygen atoms in total. The molecule has 0 saturated heterocycles. The van der Waals surface area contributed by atoms with Crippen LogP contribution in [0.2, 0.25) is 0 Å². The van der Waals surface area contributed by atoms with Crippen LogP contribution in [0.1, 0.15) is 32.6 Å². The Morgan fingerprint density at radius 2 is 1.81 bits per heavy atom. The second-order valence-corrected chi connectivity index (χ2v) is 4.13. The summed E-state index contributed by atoms with van der Waals surface area (Å²) in [5.74, 6) is 1.65. The predicted octanol–water partition coefficient (Wildman–Crippen LogP) is 3.62. The molecule has 1 aromatic rings. The summed E-state index contributed by atoms with van der Waals surface area (Å²) in [5, 5.41) is 0. The largest absolute Gasteiger partial charge is 0.627 e. The van der Waals surface area contributed by atoms with Crippen LogP contribution in [0.25, 0.3) is 0 Å². The standard InChI is InChI=1S/C13H17BO2/c1-3-4-5-8-11(2)14-15-12-9-6-7-10-13(12)16-14/h6-7,9-10H,2-5,8H2,1H3. The third kappa shape index (κ3) is 2.41. The van der Waals surface area contributed by atoms with Gasteiger partial charge in [0, 0.05) is 0 Å². The summed E-state index contributed by atoms with van der Waals surface area (Å²) in [4.78, 5) is 0. The molecule has 0 saturated carbocycles. The zero-order chi connectivity index (χ0) is 11.4. The topological polar surface area (TPSA) is 18.5 Å². The van der Waals surface area contributed by atoms with E-state index in [0.29, 0.717) is 0 Å². The van der Waals surface area contributed by atoms with Gasteiger partial charge in [-0.1, -0.05) is 38.3 Å². The molecule has 0 bridgehead atoms. The average molecular weight is 216 g/mol. The van der Waals surface area contributed by atoms with Crippen molar-refractivity contribution in [3.05, 3.63) is 36.3 Å². The molecule has 0 unspecified atom stereocenters. The molecule has 0 amide bonds. The first kappa shape index (κ1) is 11.1. The van der Waals surface area contributed by atoms with Crippen molar-refractivity contribution in [3.63, 3.8) is 0 Å². The van der Waals surface area contributed by atoms with Gasteiger partial charge in [0.25, 0.3) is 0 Å². The molecule has 0 aromatic heterocycles. The first-order valence-corrected chi connectivity index (χ1v) is 5.91. The van der Waals surface area contributed by atoms with Crippen LogP contribution in [-0.4, -0.2) is 7.12 Å². The zero-order valence-corrected chi connectivity index (χ0v) is 9.74. The van der Waals surface area contributed by atoms with Crippen molar-refractivity contribution < 1.29 is 9.31 Å². The number of benzene rings is 1. The Labute approximate surface area is 97.4 Å². The summed E-state index contributed by atoms with van der Waals surface area (Å²) < 4.78 is 11.4. The van der Waals surface area contributed by atoms with Gasteiger partial charge in [-0.2, -0.15) is 0 Å². The molecule has 0 N–H and O–H groups in total. The molecule has 1 aromatic carbocycles. The minimum atomic E-state index is -0.283. The van der Waals surface area contributed by atoms with Crippen molar-refractivity contribution in [3.8, 4) is 11.5 Å². The summed E-state index contributed by atoms with van der Waals surface area (Å²) in [7, 11) is -0.283. The molecule has 0 fully saturated rings. The van der Waals surface area contributed by atoms with Gasteiger partial charge in [0.05, 0.1) is 0 Å². The highest BCUT2D eigenvalue weighted by molar-refractivity contribution is 6.56. The number of rotatable bonds is 5. The number of hydrogen-bond donors (Lipinski definition) is 0. The molecule has 2 rings (SSSR count). The first-order chi connectivity index (χ1) is 7.81. The number of allylic oxidation sites excluding steroid dienone is 1. The van der Waals surface area contributed by atoms with E-state index in [1.54, 1.807) is 0 Å². The van der Waals surface area contributed by atoms with E-state index in [2.05, 4.69) is 13.5 Å². The van der Waals surface area contributed by atoms with E-state index in [4.69, 9.17) is 9.31 Å². The van der Waals surface area contributed by atoms with E-state index < -0.39 is 0 Å². The molecule has 0 spiro atoms. The van der Waals surface area contributed by atoms with Crippen LogP contribution < -0.4 is 9.31 Å². The molecule has 1 aliphatic rings. The fraction of sp³-hybridized carbons (Fsp3) is 0.385. The summed E-state index contributed by atoms with van der Waals surface area (Å²) in [6.07, 6.45) is 4.60. The van der Waals surface area contributed by atoms with Crippen LogP contribution in [0.3, 0.4) is 0 Å². The lowest BCUT2D eigenvalue weighted by Crippen LogP contribution is -2.27. The number of para-hydroxylation sites is 2. The number of hydrogen-bond acceptors (Lipinski definition) is 2. The Kier molecular flexibility index (Phi) is 3.55. The van der Waals surface area contributed by atoms with E-state index in [1.165, 1.54) is 12.8 Å².